The second kappa shape index (κ2) is 11.4. The van der Waals surface area contributed by atoms with E-state index >= 15 is 0 Å². The summed E-state index contributed by atoms with van der Waals surface area (Å²) in [5.74, 6) is 0.292. The van der Waals surface area contributed by atoms with Crippen molar-refractivity contribution >= 4 is 23.4 Å². The molecule has 0 spiro atoms. The number of benzene rings is 2. The molecule has 0 aromatic heterocycles. The van der Waals surface area contributed by atoms with Gasteiger partial charge in [0, 0.05) is 17.6 Å². The average molecular weight is 457 g/mol. The Bertz CT molecular complexity index is 903. The quantitative estimate of drug-likeness (QED) is 0.586. The molecule has 0 heterocycles. The van der Waals surface area contributed by atoms with Crippen molar-refractivity contribution in [2.24, 2.45) is 0 Å². The lowest BCUT2D eigenvalue weighted by atomic mass is 10.1. The maximum Gasteiger partial charge on any atom is 0.261 e. The predicted octanol–water partition coefficient (Wildman–Crippen LogP) is 4.85. The molecule has 1 aliphatic carbocycles. The van der Waals surface area contributed by atoms with Gasteiger partial charge in [0.1, 0.15) is 11.8 Å². The van der Waals surface area contributed by atoms with Crippen LogP contribution in [0.4, 0.5) is 0 Å². The number of carbonyl (C=O) groups excluding carboxylic acids is 2. The summed E-state index contributed by atoms with van der Waals surface area (Å²) < 4.78 is 5.80. The Kier molecular flexibility index (Phi) is 8.57. The molecule has 0 radical (unpaired) electrons. The van der Waals surface area contributed by atoms with Gasteiger partial charge in [-0.05, 0) is 68.9 Å². The fourth-order valence-electron chi connectivity index (χ4n) is 4.18. The third-order valence-electron chi connectivity index (χ3n) is 6.13. The van der Waals surface area contributed by atoms with E-state index in [1.807, 2.05) is 56.3 Å². The number of hydrogen-bond donors (Lipinski definition) is 1. The molecule has 0 bridgehead atoms. The standard InChI is InChI=1S/C26H33ClN2O3/c1-18-15-23(16-19(2)25(18)27)32-17-24(30)29(14-13-21-9-5-4-6-10-21)20(3)26(31)28-22-11-7-8-12-22/h4-6,9-10,15-16,20,22H,7-8,11-14,17H2,1-3H3,(H,28,31)/t20-/m0/s1. The van der Waals surface area contributed by atoms with E-state index in [0.29, 0.717) is 23.7 Å². The van der Waals surface area contributed by atoms with E-state index in [4.69, 9.17) is 16.3 Å². The number of nitrogens with one attached hydrogen (secondary N) is 1. The molecule has 2 aromatic rings. The van der Waals surface area contributed by atoms with Crippen molar-refractivity contribution in [2.75, 3.05) is 13.2 Å². The number of hydrogen-bond acceptors (Lipinski definition) is 3. The van der Waals surface area contributed by atoms with Crippen molar-refractivity contribution in [1.29, 1.82) is 0 Å². The lowest BCUT2D eigenvalue weighted by Crippen LogP contribution is -2.51. The third kappa shape index (κ3) is 6.49. The van der Waals surface area contributed by atoms with Gasteiger partial charge in [-0.15, -0.1) is 0 Å². The summed E-state index contributed by atoms with van der Waals surface area (Å²) in [4.78, 5) is 27.7. The minimum Gasteiger partial charge on any atom is -0.484 e. The highest BCUT2D eigenvalue weighted by molar-refractivity contribution is 6.32. The highest BCUT2D eigenvalue weighted by Crippen LogP contribution is 2.26. The van der Waals surface area contributed by atoms with Crippen LogP contribution in [0, 0.1) is 13.8 Å². The van der Waals surface area contributed by atoms with E-state index in [1.54, 1.807) is 11.8 Å². The topological polar surface area (TPSA) is 58.6 Å². The smallest absolute Gasteiger partial charge is 0.261 e. The van der Waals surface area contributed by atoms with Crippen LogP contribution >= 0.6 is 11.6 Å². The molecule has 172 valence electrons. The van der Waals surface area contributed by atoms with Crippen LogP contribution in [0.3, 0.4) is 0 Å². The van der Waals surface area contributed by atoms with Crippen molar-refractivity contribution in [3.8, 4) is 5.75 Å². The number of amides is 2. The van der Waals surface area contributed by atoms with E-state index in [1.165, 1.54) is 0 Å². The van der Waals surface area contributed by atoms with Gasteiger partial charge in [0.15, 0.2) is 6.61 Å². The highest BCUT2D eigenvalue weighted by atomic mass is 35.5. The van der Waals surface area contributed by atoms with Gasteiger partial charge in [-0.2, -0.15) is 0 Å². The molecule has 6 heteroatoms. The maximum atomic E-state index is 13.2. The van der Waals surface area contributed by atoms with Gasteiger partial charge in [-0.25, -0.2) is 0 Å². The van der Waals surface area contributed by atoms with Crippen LogP contribution in [-0.4, -0.2) is 41.9 Å². The summed E-state index contributed by atoms with van der Waals surface area (Å²) in [6.07, 6.45) is 4.98. The molecule has 1 saturated carbocycles. The van der Waals surface area contributed by atoms with Crippen LogP contribution in [0.15, 0.2) is 42.5 Å². The molecule has 0 saturated heterocycles. The van der Waals surface area contributed by atoms with E-state index < -0.39 is 6.04 Å². The molecule has 1 aliphatic rings. The van der Waals surface area contributed by atoms with E-state index in [2.05, 4.69) is 5.32 Å². The highest BCUT2D eigenvalue weighted by Gasteiger charge is 2.28. The SMILES string of the molecule is Cc1cc(OCC(=O)N(CCc2ccccc2)[C@@H](C)C(=O)NC2CCCC2)cc(C)c1Cl. The number of aryl methyl sites for hydroxylation is 2. The van der Waals surface area contributed by atoms with Crippen molar-refractivity contribution in [3.05, 3.63) is 64.2 Å². The largest absolute Gasteiger partial charge is 0.484 e. The van der Waals surface area contributed by atoms with Crippen molar-refractivity contribution in [3.63, 3.8) is 0 Å². The number of rotatable bonds is 9. The first-order valence-electron chi connectivity index (χ1n) is 11.4. The zero-order valence-corrected chi connectivity index (χ0v) is 20.0. The van der Waals surface area contributed by atoms with E-state index in [-0.39, 0.29) is 24.5 Å². The molecule has 5 nitrogen and oxygen atoms in total. The lowest BCUT2D eigenvalue weighted by Gasteiger charge is -2.29. The van der Waals surface area contributed by atoms with Crippen LogP contribution in [0.25, 0.3) is 0 Å². The Morgan fingerprint density at radius 2 is 1.75 bits per heavy atom. The lowest BCUT2D eigenvalue weighted by molar-refractivity contribution is -0.141. The number of halogens is 1. The predicted molar refractivity (Wildman–Crippen MR) is 128 cm³/mol. The Morgan fingerprint density at radius 1 is 1.12 bits per heavy atom. The van der Waals surface area contributed by atoms with E-state index in [0.717, 1.165) is 42.4 Å². The van der Waals surface area contributed by atoms with Crippen LogP contribution in [-0.2, 0) is 16.0 Å². The molecule has 0 unspecified atom stereocenters. The first-order valence-corrected chi connectivity index (χ1v) is 11.8. The van der Waals surface area contributed by atoms with Gasteiger partial charge >= 0.3 is 0 Å². The van der Waals surface area contributed by atoms with Gasteiger partial charge < -0.3 is 15.0 Å². The molecule has 2 amide bonds. The zero-order chi connectivity index (χ0) is 23.1. The Hall–Kier alpha value is -2.53. The van der Waals surface area contributed by atoms with Gasteiger partial charge in [0.05, 0.1) is 0 Å². The maximum absolute atomic E-state index is 13.2. The summed E-state index contributed by atoms with van der Waals surface area (Å²) >= 11 is 6.23. The second-order valence-electron chi connectivity index (χ2n) is 8.65. The fourth-order valence-corrected chi connectivity index (χ4v) is 4.29. The van der Waals surface area contributed by atoms with Gasteiger partial charge in [-0.1, -0.05) is 54.8 Å². The Balaban J connectivity index is 1.68. The third-order valence-corrected chi connectivity index (χ3v) is 6.72. The number of nitrogens with zero attached hydrogens (tertiary/aromatic N) is 1. The van der Waals surface area contributed by atoms with Crippen LogP contribution in [0.1, 0.15) is 49.3 Å². The molecular weight excluding hydrogens is 424 g/mol. The van der Waals surface area contributed by atoms with Crippen molar-refractivity contribution < 1.29 is 14.3 Å². The minimum absolute atomic E-state index is 0.100. The van der Waals surface area contributed by atoms with Crippen molar-refractivity contribution in [2.45, 2.75) is 65.0 Å². The van der Waals surface area contributed by atoms with Crippen LogP contribution in [0.2, 0.25) is 5.02 Å². The van der Waals surface area contributed by atoms with Gasteiger partial charge in [0.25, 0.3) is 5.91 Å². The number of carbonyl (C=O) groups is 2. The van der Waals surface area contributed by atoms with Gasteiger partial charge in [-0.3, -0.25) is 9.59 Å². The molecule has 0 aliphatic heterocycles. The second-order valence-corrected chi connectivity index (χ2v) is 9.03. The molecule has 1 fully saturated rings. The summed E-state index contributed by atoms with van der Waals surface area (Å²) in [5.41, 5.74) is 2.93. The first-order chi connectivity index (χ1) is 15.3. The summed E-state index contributed by atoms with van der Waals surface area (Å²) in [7, 11) is 0. The summed E-state index contributed by atoms with van der Waals surface area (Å²) in [5, 5.41) is 3.82. The van der Waals surface area contributed by atoms with E-state index in [9.17, 15) is 9.59 Å². The summed E-state index contributed by atoms with van der Waals surface area (Å²) in [6.45, 7) is 5.93. The summed E-state index contributed by atoms with van der Waals surface area (Å²) in [6, 6.07) is 13.3. The normalized spacial score (nSPS) is 14.8. The average Bonchev–Trinajstić information content (AvgIpc) is 3.29. The van der Waals surface area contributed by atoms with Crippen LogP contribution in [0.5, 0.6) is 5.75 Å². The molecular formula is C26H33ClN2O3. The first kappa shape index (κ1) is 24.1. The van der Waals surface area contributed by atoms with Crippen molar-refractivity contribution in [1.82, 2.24) is 10.2 Å². The fraction of sp³-hybridized carbons (Fsp3) is 0.462. The molecule has 3 rings (SSSR count). The molecule has 1 N–H and O–H groups in total. The number of ether oxygens (including phenoxy) is 1. The zero-order valence-electron chi connectivity index (χ0n) is 19.2. The minimum atomic E-state index is -0.566. The molecule has 32 heavy (non-hydrogen) atoms. The Labute approximate surface area is 196 Å². The monoisotopic (exact) mass is 456 g/mol. The molecule has 1 atom stereocenters. The van der Waals surface area contributed by atoms with Crippen LogP contribution < -0.4 is 10.1 Å². The van der Waals surface area contributed by atoms with Gasteiger partial charge in [0.2, 0.25) is 5.91 Å². The molecule has 2 aromatic carbocycles. The Morgan fingerprint density at radius 3 is 2.38 bits per heavy atom.